The molecule has 1 saturated heterocycles. The van der Waals surface area contributed by atoms with Crippen LogP contribution in [-0.2, 0) is 5.67 Å². The molecule has 194 valence electrons. The molecule has 0 unspecified atom stereocenters. The average Bonchev–Trinajstić information content (AvgIpc) is 3.68. The van der Waals surface area contributed by atoms with Crippen LogP contribution in [0.5, 0.6) is 5.75 Å². The van der Waals surface area contributed by atoms with Gasteiger partial charge in [-0.15, -0.1) is 0 Å². The molecule has 1 N–H and O–H groups in total. The number of methoxy groups -OCH3 is 1. The van der Waals surface area contributed by atoms with Crippen molar-refractivity contribution < 1.29 is 18.6 Å². The molecule has 0 amide bonds. The zero-order chi connectivity index (χ0) is 25.9. The van der Waals surface area contributed by atoms with Gasteiger partial charge >= 0.3 is 0 Å². The number of fused-ring (bicyclic) bond motifs is 1. The normalized spacial score (nSPS) is 16.4. The SMILES string of the molecule is CC.COc1cccnc1N1CCN(c2nc(C3(F)CC3)nc3c(F)cc(N(C)CCO)cc23)CC1. The molecule has 0 atom stereocenters. The molecule has 36 heavy (non-hydrogen) atoms. The number of piperazine rings is 1. The third-order valence-corrected chi connectivity index (χ3v) is 6.53. The first kappa shape index (κ1) is 25.8. The smallest absolute Gasteiger partial charge is 0.171 e. The van der Waals surface area contributed by atoms with Crippen LogP contribution < -0.4 is 19.4 Å². The first-order valence-corrected chi connectivity index (χ1v) is 12.4. The number of aliphatic hydroxyl groups excluding tert-OH is 1. The number of halogens is 2. The maximum Gasteiger partial charge on any atom is 0.171 e. The number of anilines is 3. The van der Waals surface area contributed by atoms with E-state index in [-0.39, 0.29) is 17.9 Å². The summed E-state index contributed by atoms with van der Waals surface area (Å²) in [5.41, 5.74) is -0.848. The summed E-state index contributed by atoms with van der Waals surface area (Å²) in [6.07, 6.45) is 2.44. The number of alkyl halides is 1. The fourth-order valence-corrected chi connectivity index (χ4v) is 4.34. The molecule has 5 rings (SSSR count). The molecule has 1 aromatic carbocycles. The Morgan fingerprint density at radius 3 is 2.36 bits per heavy atom. The Hall–Kier alpha value is -3.27. The van der Waals surface area contributed by atoms with E-state index < -0.39 is 11.5 Å². The molecule has 2 fully saturated rings. The van der Waals surface area contributed by atoms with Gasteiger partial charge in [-0.3, -0.25) is 0 Å². The number of hydrogen-bond acceptors (Lipinski definition) is 8. The second-order valence-corrected chi connectivity index (χ2v) is 8.81. The van der Waals surface area contributed by atoms with E-state index in [4.69, 9.17) is 4.74 Å². The van der Waals surface area contributed by atoms with Crippen LogP contribution in [0, 0.1) is 5.82 Å². The van der Waals surface area contributed by atoms with E-state index in [0.29, 0.717) is 68.2 Å². The van der Waals surface area contributed by atoms with Gasteiger partial charge in [-0.2, -0.15) is 0 Å². The second-order valence-electron chi connectivity index (χ2n) is 8.81. The molecule has 3 aromatic rings. The van der Waals surface area contributed by atoms with Crippen molar-refractivity contribution in [3.63, 3.8) is 0 Å². The highest BCUT2D eigenvalue weighted by atomic mass is 19.1. The summed E-state index contributed by atoms with van der Waals surface area (Å²) in [5, 5.41) is 9.84. The average molecular weight is 501 g/mol. The van der Waals surface area contributed by atoms with Crippen molar-refractivity contribution in [3.05, 3.63) is 42.1 Å². The van der Waals surface area contributed by atoms with Gasteiger partial charge in [0.2, 0.25) is 0 Å². The summed E-state index contributed by atoms with van der Waals surface area (Å²) in [5.74, 6) is 1.55. The fraction of sp³-hybridized carbons (Fsp3) is 0.500. The number of hydrogen-bond donors (Lipinski definition) is 1. The lowest BCUT2D eigenvalue weighted by atomic mass is 10.1. The highest BCUT2D eigenvalue weighted by Gasteiger charge is 2.48. The zero-order valence-electron chi connectivity index (χ0n) is 21.3. The topological polar surface area (TPSA) is 77.9 Å². The Kier molecular flexibility index (Phi) is 7.73. The summed E-state index contributed by atoms with van der Waals surface area (Å²) >= 11 is 0. The van der Waals surface area contributed by atoms with Crippen molar-refractivity contribution in [1.82, 2.24) is 15.0 Å². The molecule has 10 heteroatoms. The van der Waals surface area contributed by atoms with Crippen molar-refractivity contribution in [1.29, 1.82) is 0 Å². The van der Waals surface area contributed by atoms with E-state index >= 15 is 4.39 Å². The van der Waals surface area contributed by atoms with E-state index in [1.54, 1.807) is 25.3 Å². The molecule has 8 nitrogen and oxygen atoms in total. The van der Waals surface area contributed by atoms with Gasteiger partial charge in [-0.1, -0.05) is 13.8 Å². The van der Waals surface area contributed by atoms with Crippen LogP contribution in [-0.4, -0.2) is 73.5 Å². The van der Waals surface area contributed by atoms with Crippen LogP contribution in [0.4, 0.5) is 26.1 Å². The van der Waals surface area contributed by atoms with E-state index in [1.807, 2.05) is 32.0 Å². The molecule has 1 saturated carbocycles. The summed E-state index contributed by atoms with van der Waals surface area (Å²) in [7, 11) is 3.40. The first-order valence-electron chi connectivity index (χ1n) is 12.4. The number of aliphatic hydroxyl groups is 1. The van der Waals surface area contributed by atoms with E-state index in [0.717, 1.165) is 5.82 Å². The van der Waals surface area contributed by atoms with Crippen molar-refractivity contribution >= 4 is 28.2 Å². The quantitative estimate of drug-likeness (QED) is 0.523. The number of aromatic nitrogens is 3. The molecule has 3 heterocycles. The van der Waals surface area contributed by atoms with E-state index in [1.165, 1.54) is 6.07 Å². The van der Waals surface area contributed by atoms with Gasteiger partial charge in [-0.05, 0) is 37.1 Å². The van der Waals surface area contributed by atoms with E-state index in [2.05, 4.69) is 24.8 Å². The molecule has 1 aliphatic heterocycles. The van der Waals surface area contributed by atoms with Crippen molar-refractivity contribution in [2.24, 2.45) is 0 Å². The first-order chi connectivity index (χ1) is 17.4. The third kappa shape index (κ3) is 5.00. The fourth-order valence-electron chi connectivity index (χ4n) is 4.34. The monoisotopic (exact) mass is 500 g/mol. The van der Waals surface area contributed by atoms with Gasteiger partial charge in [0.15, 0.2) is 28.9 Å². The third-order valence-electron chi connectivity index (χ3n) is 6.53. The number of ether oxygens (including phenoxy) is 1. The summed E-state index contributed by atoms with van der Waals surface area (Å²) < 4.78 is 35.6. The minimum absolute atomic E-state index is 0.0538. The second kappa shape index (κ2) is 10.8. The predicted octanol–water partition coefficient (Wildman–Crippen LogP) is 3.91. The maximum atomic E-state index is 15.2. The van der Waals surface area contributed by atoms with Crippen molar-refractivity contribution in [2.75, 3.05) is 68.2 Å². The number of pyridine rings is 1. The number of likely N-dealkylation sites (N-methyl/N-ethyl adjacent to an activating group) is 1. The summed E-state index contributed by atoms with van der Waals surface area (Å²) in [4.78, 5) is 19.4. The van der Waals surface area contributed by atoms with Gasteiger partial charge in [-0.25, -0.2) is 23.7 Å². The maximum absolute atomic E-state index is 15.2. The summed E-state index contributed by atoms with van der Waals surface area (Å²) in [6, 6.07) is 6.90. The molecule has 2 aromatic heterocycles. The molecule has 1 aliphatic carbocycles. The highest BCUT2D eigenvalue weighted by molar-refractivity contribution is 5.93. The van der Waals surface area contributed by atoms with Crippen molar-refractivity contribution in [3.8, 4) is 5.75 Å². The molecule has 0 spiro atoms. The van der Waals surface area contributed by atoms with Crippen LogP contribution in [0.3, 0.4) is 0 Å². The lowest BCUT2D eigenvalue weighted by Crippen LogP contribution is -2.47. The molecular weight excluding hydrogens is 466 g/mol. The van der Waals surface area contributed by atoms with Crippen LogP contribution in [0.2, 0.25) is 0 Å². The largest absolute Gasteiger partial charge is 0.493 e. The van der Waals surface area contributed by atoms with E-state index in [9.17, 15) is 9.50 Å². The van der Waals surface area contributed by atoms with Crippen LogP contribution in [0.1, 0.15) is 32.5 Å². The highest BCUT2D eigenvalue weighted by Crippen LogP contribution is 2.49. The molecule has 0 radical (unpaired) electrons. The van der Waals surface area contributed by atoms with Crippen LogP contribution in [0.15, 0.2) is 30.5 Å². The number of nitrogens with zero attached hydrogens (tertiary/aromatic N) is 6. The van der Waals surface area contributed by atoms with Gasteiger partial charge < -0.3 is 24.5 Å². The lowest BCUT2D eigenvalue weighted by molar-refractivity contribution is 0.301. The Morgan fingerprint density at radius 1 is 1.08 bits per heavy atom. The predicted molar refractivity (Wildman–Crippen MR) is 138 cm³/mol. The standard InChI is InChI=1S/C24H28F2N6O2.C2H6/c1-30(12-13-33)16-14-17-20(18(25)15-16)28-23(24(26)5-6-24)29-21(17)31-8-10-32(11-9-31)22-19(34-2)4-3-7-27-22;1-2/h3-4,7,14-15,33H,5-6,8-13H2,1-2H3;1-2H3. The number of benzene rings is 1. The van der Waals surface area contributed by atoms with Gasteiger partial charge in [0.05, 0.1) is 13.7 Å². The van der Waals surface area contributed by atoms with Crippen LogP contribution >= 0.6 is 0 Å². The van der Waals surface area contributed by atoms with Gasteiger partial charge in [0.25, 0.3) is 0 Å². The molecular formula is C26H34F2N6O2. The summed E-state index contributed by atoms with van der Waals surface area (Å²) in [6.45, 7) is 6.81. The Labute approximate surface area is 210 Å². The molecule has 2 aliphatic rings. The Bertz CT molecular complexity index is 1200. The van der Waals surface area contributed by atoms with Crippen LogP contribution in [0.25, 0.3) is 10.9 Å². The molecule has 0 bridgehead atoms. The van der Waals surface area contributed by atoms with Crippen molar-refractivity contribution in [2.45, 2.75) is 32.4 Å². The van der Waals surface area contributed by atoms with Gasteiger partial charge in [0, 0.05) is 57.0 Å². The van der Waals surface area contributed by atoms with Gasteiger partial charge in [0.1, 0.15) is 11.3 Å². The number of rotatable bonds is 7. The zero-order valence-corrected chi connectivity index (χ0v) is 21.3. The Morgan fingerprint density at radius 2 is 1.75 bits per heavy atom. The minimum Gasteiger partial charge on any atom is -0.493 e. The Balaban J connectivity index is 0.00000148. The lowest BCUT2D eigenvalue weighted by Gasteiger charge is -2.37. The minimum atomic E-state index is -1.58.